The summed E-state index contributed by atoms with van der Waals surface area (Å²) >= 11 is 0. The van der Waals surface area contributed by atoms with E-state index >= 15 is 0 Å². The molecule has 4 aliphatic rings. The van der Waals surface area contributed by atoms with Crippen LogP contribution in [0.5, 0.6) is 0 Å². The van der Waals surface area contributed by atoms with Crippen LogP contribution in [0.1, 0.15) is 112 Å². The minimum atomic E-state index is -0.580. The van der Waals surface area contributed by atoms with Crippen molar-refractivity contribution < 1.29 is 24.2 Å². The molecule has 0 bridgehead atoms. The maximum atomic E-state index is 11.6. The zero-order chi connectivity index (χ0) is 26.1. The van der Waals surface area contributed by atoms with E-state index in [-0.39, 0.29) is 29.6 Å². The van der Waals surface area contributed by atoms with Gasteiger partial charge in [-0.05, 0) is 88.4 Å². The second-order valence-electron chi connectivity index (χ2n) is 12.8. The summed E-state index contributed by atoms with van der Waals surface area (Å²) in [4.78, 5) is 23.1. The monoisotopic (exact) mass is 498 g/mol. The van der Waals surface area contributed by atoms with Gasteiger partial charge in [-0.1, -0.05) is 41.9 Å². The third kappa shape index (κ3) is 6.33. The van der Waals surface area contributed by atoms with Gasteiger partial charge >= 0.3 is 11.9 Å². The van der Waals surface area contributed by atoms with Crippen molar-refractivity contribution in [3.63, 3.8) is 0 Å². The van der Waals surface area contributed by atoms with Gasteiger partial charge in [0.1, 0.15) is 12.2 Å². The third-order valence-electron chi connectivity index (χ3n) is 9.12. The molecule has 0 aromatic heterocycles. The topological polar surface area (TPSA) is 72.8 Å². The number of rotatable bonds is 8. The minimum absolute atomic E-state index is 0.236. The van der Waals surface area contributed by atoms with Crippen LogP contribution in [0.25, 0.3) is 0 Å². The first-order valence-electron chi connectivity index (χ1n) is 14.1. The quantitative estimate of drug-likeness (QED) is 0.296. The van der Waals surface area contributed by atoms with E-state index < -0.39 is 5.60 Å². The molecule has 0 amide bonds. The molecule has 0 heterocycles. The first-order chi connectivity index (χ1) is 16.9. The number of carbonyl (C=O) groups is 2. The molecule has 0 aromatic carbocycles. The maximum absolute atomic E-state index is 11.6. The largest absolute Gasteiger partial charge is 0.462 e. The molecule has 3 saturated carbocycles. The molecule has 4 aliphatic carbocycles. The number of hydrogen-bond acceptors (Lipinski definition) is 5. The van der Waals surface area contributed by atoms with Crippen LogP contribution < -0.4 is 0 Å². The second-order valence-corrected chi connectivity index (χ2v) is 12.8. The number of esters is 2. The molecule has 4 atom stereocenters. The smallest absolute Gasteiger partial charge is 0.302 e. The van der Waals surface area contributed by atoms with Gasteiger partial charge in [-0.15, -0.1) is 0 Å². The number of fused-ring (bicyclic) bond motifs is 1. The molecule has 0 radical (unpaired) electrons. The van der Waals surface area contributed by atoms with E-state index in [4.69, 9.17) is 9.47 Å². The van der Waals surface area contributed by atoms with E-state index in [2.05, 4.69) is 25.2 Å². The SMILES string of the molecule is CC(=O)OC1CC(=CC=C2CCC[C@]3(C)C(C4(CCCC(C)(C)O)CC4)=CCC23)C[C@@H](OC(C)=O)C1. The molecule has 0 saturated heterocycles. The molecule has 0 aromatic rings. The van der Waals surface area contributed by atoms with E-state index in [1.54, 1.807) is 5.57 Å². The summed E-state index contributed by atoms with van der Waals surface area (Å²) in [6.45, 7) is 9.21. The molecule has 1 N–H and O–H groups in total. The van der Waals surface area contributed by atoms with Crippen molar-refractivity contribution in [1.29, 1.82) is 0 Å². The van der Waals surface area contributed by atoms with Gasteiger partial charge in [0.15, 0.2) is 0 Å². The van der Waals surface area contributed by atoms with Gasteiger partial charge < -0.3 is 14.6 Å². The van der Waals surface area contributed by atoms with E-state index in [1.165, 1.54) is 57.1 Å². The van der Waals surface area contributed by atoms with Gasteiger partial charge in [0.2, 0.25) is 0 Å². The first-order valence-corrected chi connectivity index (χ1v) is 14.1. The number of hydrogen-bond donors (Lipinski definition) is 1. The standard InChI is InChI=1S/C31H46O5/c1-21(32)35-25-18-23(19-26(20-25)36-22(2)33)9-10-24-8-6-14-30(5)27(24)11-12-28(30)31(16-17-31)15-7-13-29(3,4)34/h9-10,12,25-27,34H,6-8,11,13-20H2,1-5H3/t25-,26?,27?,30+/m1/s1. The lowest BCUT2D eigenvalue weighted by atomic mass is 9.61. The minimum Gasteiger partial charge on any atom is -0.462 e. The fourth-order valence-electron chi connectivity index (χ4n) is 7.44. The number of aliphatic hydroxyl groups is 1. The van der Waals surface area contributed by atoms with Crippen molar-refractivity contribution in [1.82, 2.24) is 0 Å². The van der Waals surface area contributed by atoms with Crippen molar-refractivity contribution in [3.8, 4) is 0 Å². The Morgan fingerprint density at radius 1 is 1.08 bits per heavy atom. The van der Waals surface area contributed by atoms with Crippen LogP contribution in [-0.2, 0) is 19.1 Å². The fourth-order valence-corrected chi connectivity index (χ4v) is 7.44. The highest BCUT2D eigenvalue weighted by molar-refractivity contribution is 5.67. The van der Waals surface area contributed by atoms with Gasteiger partial charge in [0.25, 0.3) is 0 Å². The summed E-state index contributed by atoms with van der Waals surface area (Å²) in [6, 6.07) is 0. The lowest BCUT2D eigenvalue weighted by molar-refractivity contribution is -0.154. The number of allylic oxidation sites excluding steroid dienone is 5. The van der Waals surface area contributed by atoms with E-state index in [9.17, 15) is 14.7 Å². The number of carbonyl (C=O) groups excluding carboxylic acids is 2. The van der Waals surface area contributed by atoms with Crippen molar-refractivity contribution in [3.05, 3.63) is 34.9 Å². The Balaban J connectivity index is 1.47. The van der Waals surface area contributed by atoms with Gasteiger partial charge in [-0.2, -0.15) is 0 Å². The third-order valence-corrected chi connectivity index (χ3v) is 9.12. The molecule has 36 heavy (non-hydrogen) atoms. The highest BCUT2D eigenvalue weighted by Gasteiger charge is 2.56. The van der Waals surface area contributed by atoms with Crippen molar-refractivity contribution in [2.24, 2.45) is 16.7 Å². The summed E-state index contributed by atoms with van der Waals surface area (Å²) in [6.07, 6.45) is 19.1. The first kappa shape index (κ1) is 27.2. The molecule has 5 heteroatoms. The summed E-state index contributed by atoms with van der Waals surface area (Å²) in [7, 11) is 0. The van der Waals surface area contributed by atoms with E-state index in [1.807, 2.05) is 13.8 Å². The lowest BCUT2D eigenvalue weighted by Crippen LogP contribution is -2.33. The molecule has 0 aliphatic heterocycles. The Hall–Kier alpha value is -1.88. The van der Waals surface area contributed by atoms with Gasteiger partial charge in [0.05, 0.1) is 5.60 Å². The highest BCUT2D eigenvalue weighted by Crippen LogP contribution is 2.67. The van der Waals surface area contributed by atoms with Crippen molar-refractivity contribution in [2.75, 3.05) is 0 Å². The Labute approximate surface area is 217 Å². The Kier molecular flexibility index (Phi) is 7.90. The van der Waals surface area contributed by atoms with Crippen molar-refractivity contribution in [2.45, 2.75) is 129 Å². The molecule has 4 rings (SSSR count). The summed E-state index contributed by atoms with van der Waals surface area (Å²) in [5, 5.41) is 10.2. The average Bonchev–Trinajstić information content (AvgIpc) is 3.43. The predicted octanol–water partition coefficient (Wildman–Crippen LogP) is 6.74. The normalized spacial score (nSPS) is 33.7. The molecule has 2 unspecified atom stereocenters. The summed E-state index contributed by atoms with van der Waals surface area (Å²) in [5.41, 5.74) is 4.46. The van der Waals surface area contributed by atoms with Gasteiger partial charge in [-0.3, -0.25) is 9.59 Å². The second kappa shape index (κ2) is 10.5. The lowest BCUT2D eigenvalue weighted by Gasteiger charge is -2.43. The molecule has 200 valence electrons. The fraction of sp³-hybridized carbons (Fsp3) is 0.742. The molecular formula is C31H46O5. The Morgan fingerprint density at radius 3 is 2.28 bits per heavy atom. The van der Waals surface area contributed by atoms with Crippen LogP contribution in [0, 0.1) is 16.7 Å². The molecule has 3 fully saturated rings. The average molecular weight is 499 g/mol. The van der Waals surface area contributed by atoms with Crippen LogP contribution in [0.4, 0.5) is 0 Å². The Morgan fingerprint density at radius 2 is 1.72 bits per heavy atom. The van der Waals surface area contributed by atoms with Crippen LogP contribution in [0.3, 0.4) is 0 Å². The maximum Gasteiger partial charge on any atom is 0.302 e. The Bertz CT molecular complexity index is 919. The summed E-state index contributed by atoms with van der Waals surface area (Å²) < 4.78 is 11.0. The zero-order valence-corrected chi connectivity index (χ0v) is 23.0. The van der Waals surface area contributed by atoms with Gasteiger partial charge in [-0.25, -0.2) is 0 Å². The predicted molar refractivity (Wildman–Crippen MR) is 141 cm³/mol. The van der Waals surface area contributed by atoms with Crippen LogP contribution in [-0.4, -0.2) is 34.9 Å². The molecule has 5 nitrogen and oxygen atoms in total. The summed E-state index contributed by atoms with van der Waals surface area (Å²) in [5.74, 6) is -0.0160. The number of ether oxygens (including phenoxy) is 2. The molecular weight excluding hydrogens is 452 g/mol. The van der Waals surface area contributed by atoms with E-state index in [0.717, 1.165) is 25.7 Å². The van der Waals surface area contributed by atoms with Crippen LogP contribution in [0.2, 0.25) is 0 Å². The highest BCUT2D eigenvalue weighted by atomic mass is 16.6. The zero-order valence-electron chi connectivity index (χ0n) is 23.0. The van der Waals surface area contributed by atoms with Crippen LogP contribution >= 0.6 is 0 Å². The van der Waals surface area contributed by atoms with Gasteiger partial charge in [0, 0.05) is 33.1 Å². The van der Waals surface area contributed by atoms with Crippen molar-refractivity contribution >= 4 is 11.9 Å². The molecule has 0 spiro atoms. The van der Waals surface area contributed by atoms with E-state index in [0.29, 0.717) is 30.6 Å². The van der Waals surface area contributed by atoms with Crippen LogP contribution in [0.15, 0.2) is 34.9 Å².